The van der Waals surface area contributed by atoms with Crippen molar-refractivity contribution in [2.75, 3.05) is 33.0 Å². The van der Waals surface area contributed by atoms with Gasteiger partial charge in [-0.1, -0.05) is 41.9 Å². The van der Waals surface area contributed by atoms with Gasteiger partial charge in [-0.05, 0) is 42.9 Å². The number of benzene rings is 1. The van der Waals surface area contributed by atoms with Crippen molar-refractivity contribution in [3.63, 3.8) is 0 Å². The van der Waals surface area contributed by atoms with Crippen LogP contribution in [0, 0.1) is 5.41 Å². The van der Waals surface area contributed by atoms with Crippen molar-refractivity contribution in [3.05, 3.63) is 74.7 Å². The van der Waals surface area contributed by atoms with Gasteiger partial charge in [0.2, 0.25) is 0 Å². The van der Waals surface area contributed by atoms with Gasteiger partial charge in [-0.25, -0.2) is 0 Å². The van der Waals surface area contributed by atoms with Crippen LogP contribution in [0.25, 0.3) is 11.1 Å². The summed E-state index contributed by atoms with van der Waals surface area (Å²) in [5.41, 5.74) is 2.48. The third-order valence-electron chi connectivity index (χ3n) is 5.64. The first-order valence-electron chi connectivity index (χ1n) is 10.5. The van der Waals surface area contributed by atoms with Crippen molar-refractivity contribution in [1.82, 2.24) is 19.7 Å². The van der Waals surface area contributed by atoms with Crippen LogP contribution in [0.4, 0.5) is 8.78 Å². The molecule has 0 amide bonds. The predicted octanol–water partition coefficient (Wildman–Crippen LogP) is 5.51. The van der Waals surface area contributed by atoms with E-state index in [1.165, 1.54) is 17.5 Å². The summed E-state index contributed by atoms with van der Waals surface area (Å²) < 4.78 is 26.2. The second-order valence-corrected chi connectivity index (χ2v) is 11.5. The molecule has 1 aliphatic heterocycles. The lowest BCUT2D eigenvalue weighted by molar-refractivity contribution is 0.122. The Morgan fingerprint density at radius 1 is 1.35 bits per heavy atom. The summed E-state index contributed by atoms with van der Waals surface area (Å²) in [6, 6.07) is 9.41. The Balaban J connectivity index is 1.78. The first-order valence-corrected chi connectivity index (χ1v) is 12.8. The van der Waals surface area contributed by atoms with Crippen molar-refractivity contribution in [1.29, 1.82) is 5.41 Å². The molecule has 0 spiro atoms. The Morgan fingerprint density at radius 3 is 2.79 bits per heavy atom. The Kier molecular flexibility index (Phi) is 7.32. The minimum absolute atomic E-state index is 0.164. The number of hydrogen-bond acceptors (Lipinski definition) is 5. The standard InChI is InChI=1S/C23H24ClF2IN6S/c1-31(2)9-5-8-21(28)32-11-17(16-10-20(24)34-19(16)13-32)14-6-3-4-7-15(14)18-12-33(29)30-22(18)23(25,26)27/h3-8,10,12,17,28H,9,11,13,29H2,1-2H3/b8-5+,28-21?/t17-/m0/s1. The highest BCUT2D eigenvalue weighted by Crippen LogP contribution is 2.45. The topological polar surface area (TPSA) is 74.2 Å². The third kappa shape index (κ3) is 5.29. The first kappa shape index (κ1) is 25.1. The molecule has 0 unspecified atom stereocenters. The van der Waals surface area contributed by atoms with Gasteiger partial charge in [0, 0.05) is 52.0 Å². The van der Waals surface area contributed by atoms with E-state index in [0.29, 0.717) is 34.4 Å². The molecule has 1 aromatic carbocycles. The second-order valence-electron chi connectivity index (χ2n) is 8.37. The molecule has 0 bridgehead atoms. The van der Waals surface area contributed by atoms with Crippen molar-refractivity contribution in [2.24, 2.45) is 0 Å². The zero-order valence-corrected chi connectivity index (χ0v) is 22.3. The van der Waals surface area contributed by atoms with Gasteiger partial charge in [0.25, 0.3) is 0 Å². The number of rotatable bonds is 6. The molecule has 34 heavy (non-hydrogen) atoms. The van der Waals surface area contributed by atoms with Gasteiger partial charge < -0.3 is 15.6 Å². The van der Waals surface area contributed by atoms with Crippen LogP contribution in [0.2, 0.25) is 4.34 Å². The summed E-state index contributed by atoms with van der Waals surface area (Å²) in [5, 5.41) is 12.5. The Morgan fingerprint density at radius 2 is 2.09 bits per heavy atom. The fourth-order valence-corrected chi connectivity index (χ4v) is 5.91. The van der Waals surface area contributed by atoms with Crippen LogP contribution in [0.1, 0.15) is 27.6 Å². The van der Waals surface area contributed by atoms with Gasteiger partial charge in [-0.3, -0.25) is 5.41 Å². The number of nitrogens with two attached hydrogens (primary N) is 1. The molecule has 1 atom stereocenters. The van der Waals surface area contributed by atoms with Gasteiger partial charge in [0.1, 0.15) is 5.84 Å². The predicted molar refractivity (Wildman–Crippen MR) is 143 cm³/mol. The summed E-state index contributed by atoms with van der Waals surface area (Å²) in [6.07, 6.45) is 5.18. The highest BCUT2D eigenvalue weighted by molar-refractivity contribution is 14.1. The molecular weight excluding hydrogens is 593 g/mol. The number of fused-ring (bicyclic) bond motifs is 1. The van der Waals surface area contributed by atoms with Crippen LogP contribution in [0.5, 0.6) is 0 Å². The van der Waals surface area contributed by atoms with E-state index in [2.05, 4.69) is 5.10 Å². The van der Waals surface area contributed by atoms with E-state index in [1.807, 2.05) is 60.3 Å². The zero-order chi connectivity index (χ0) is 24.6. The van der Waals surface area contributed by atoms with Crippen molar-refractivity contribution in [2.45, 2.75) is 16.4 Å². The molecule has 3 heterocycles. The highest BCUT2D eigenvalue weighted by atomic mass is 127. The second kappa shape index (κ2) is 9.92. The molecule has 0 saturated carbocycles. The largest absolute Gasteiger partial charge is 0.351 e. The third-order valence-corrected chi connectivity index (χ3v) is 7.41. The quantitative estimate of drug-likeness (QED) is 0.126. The number of thiophene rings is 1. The monoisotopic (exact) mass is 616 g/mol. The SMILES string of the molecule is CN(C)C/C=C/C(=N)N1Cc2sc(Cl)cc2[C@H](c2ccccc2-c2cn(N)nc2C(F)(F)I)C1. The fourth-order valence-electron chi connectivity index (χ4n) is 4.16. The molecule has 0 saturated heterocycles. The Labute approximate surface area is 219 Å². The molecule has 3 N–H and O–H groups in total. The molecule has 180 valence electrons. The molecule has 4 rings (SSSR count). The molecule has 0 fully saturated rings. The molecule has 1 aliphatic rings. The van der Waals surface area contributed by atoms with Crippen LogP contribution in [0.15, 0.2) is 48.7 Å². The number of nitrogen functional groups attached to an aromatic ring is 1. The number of amidine groups is 1. The average molecular weight is 617 g/mol. The minimum atomic E-state index is -3.18. The lowest BCUT2D eigenvalue weighted by Gasteiger charge is -2.35. The first-order chi connectivity index (χ1) is 16.0. The van der Waals surface area contributed by atoms with E-state index in [-0.39, 0.29) is 11.6 Å². The van der Waals surface area contributed by atoms with Crippen molar-refractivity contribution >= 4 is 51.4 Å². The average Bonchev–Trinajstić information content (AvgIpc) is 3.34. The fraction of sp³-hybridized carbons (Fsp3) is 0.304. The molecule has 0 radical (unpaired) electrons. The maximum atomic E-state index is 14.4. The van der Waals surface area contributed by atoms with Gasteiger partial charge in [-0.2, -0.15) is 13.6 Å². The molecule has 11 heteroatoms. The number of hydrogen-bond donors (Lipinski definition) is 2. The van der Waals surface area contributed by atoms with E-state index >= 15 is 0 Å². The Bertz CT molecular complexity index is 1230. The minimum Gasteiger partial charge on any atom is -0.351 e. The van der Waals surface area contributed by atoms with Gasteiger partial charge in [0.15, 0.2) is 5.69 Å². The van der Waals surface area contributed by atoms with Crippen LogP contribution >= 0.6 is 45.5 Å². The number of likely N-dealkylation sites (N-methyl/N-ethyl adjacent to an activating group) is 1. The molecule has 6 nitrogen and oxygen atoms in total. The lowest BCUT2D eigenvalue weighted by Crippen LogP contribution is -2.37. The summed E-state index contributed by atoms with van der Waals surface area (Å²) in [5.74, 6) is 5.99. The number of nitrogens with one attached hydrogen (secondary N) is 1. The lowest BCUT2D eigenvalue weighted by atomic mass is 9.84. The number of nitrogens with zero attached hydrogens (tertiary/aromatic N) is 4. The molecule has 3 aromatic rings. The van der Waals surface area contributed by atoms with E-state index in [4.69, 9.17) is 22.9 Å². The number of halogens is 4. The summed E-state index contributed by atoms with van der Waals surface area (Å²) in [6.45, 7) is 1.83. The number of alkyl halides is 3. The Hall–Kier alpha value is -2.02. The summed E-state index contributed by atoms with van der Waals surface area (Å²) >= 11 is 8.96. The molecule has 2 aromatic heterocycles. The van der Waals surface area contributed by atoms with Gasteiger partial charge in [0.05, 0.1) is 17.1 Å². The van der Waals surface area contributed by atoms with Gasteiger partial charge >= 0.3 is 3.93 Å². The normalized spacial score (nSPS) is 16.4. The van der Waals surface area contributed by atoms with E-state index < -0.39 is 3.93 Å². The summed E-state index contributed by atoms with van der Waals surface area (Å²) in [7, 11) is 3.94. The van der Waals surface area contributed by atoms with E-state index in [9.17, 15) is 8.78 Å². The van der Waals surface area contributed by atoms with Gasteiger partial charge in [-0.15, -0.1) is 16.4 Å². The molecule has 0 aliphatic carbocycles. The summed E-state index contributed by atoms with van der Waals surface area (Å²) in [4.78, 5) is 6.01. The van der Waals surface area contributed by atoms with Crippen LogP contribution in [0.3, 0.4) is 0 Å². The molecular formula is C23H24ClF2IN6S. The maximum absolute atomic E-state index is 14.4. The van der Waals surface area contributed by atoms with E-state index in [0.717, 1.165) is 49.9 Å². The smallest absolute Gasteiger partial charge is 0.340 e. The van der Waals surface area contributed by atoms with Crippen LogP contribution in [-0.2, 0) is 10.5 Å². The highest BCUT2D eigenvalue weighted by Gasteiger charge is 2.36. The maximum Gasteiger partial charge on any atom is 0.340 e. The van der Waals surface area contributed by atoms with Crippen LogP contribution < -0.4 is 5.84 Å². The zero-order valence-electron chi connectivity index (χ0n) is 18.6. The van der Waals surface area contributed by atoms with Crippen molar-refractivity contribution < 1.29 is 8.78 Å². The number of aromatic nitrogens is 2. The van der Waals surface area contributed by atoms with Crippen LogP contribution in [-0.4, -0.2) is 52.7 Å². The van der Waals surface area contributed by atoms with E-state index in [1.54, 1.807) is 6.08 Å². The van der Waals surface area contributed by atoms with Crippen molar-refractivity contribution in [3.8, 4) is 11.1 Å².